The number of amides is 1. The molecule has 0 radical (unpaired) electrons. The zero-order chi connectivity index (χ0) is 15.2. The van der Waals surface area contributed by atoms with Crippen LogP contribution in [-0.2, 0) is 4.79 Å². The maximum atomic E-state index is 12.1. The molecule has 1 N–H and O–H groups in total. The van der Waals surface area contributed by atoms with Crippen LogP contribution >= 0.6 is 0 Å². The second kappa shape index (κ2) is 6.53. The van der Waals surface area contributed by atoms with Crippen molar-refractivity contribution in [2.45, 2.75) is 13.8 Å². The molecule has 2 aromatic rings. The lowest BCUT2D eigenvalue weighted by Crippen LogP contribution is -2.13. The number of benzene rings is 2. The quantitative estimate of drug-likeness (QED) is 0.684. The zero-order valence-corrected chi connectivity index (χ0v) is 12.1. The SMILES string of the molecule is Cc1ccc(NC(=O)/C(C#N)=C\c2ccccc2)cc1C. The highest BCUT2D eigenvalue weighted by Gasteiger charge is 2.09. The van der Waals surface area contributed by atoms with E-state index in [1.807, 2.05) is 68.4 Å². The van der Waals surface area contributed by atoms with E-state index in [4.69, 9.17) is 5.26 Å². The van der Waals surface area contributed by atoms with E-state index in [0.29, 0.717) is 5.69 Å². The van der Waals surface area contributed by atoms with Gasteiger partial charge in [-0.25, -0.2) is 0 Å². The van der Waals surface area contributed by atoms with Crippen molar-refractivity contribution >= 4 is 17.7 Å². The molecule has 0 atom stereocenters. The molecule has 0 saturated heterocycles. The minimum absolute atomic E-state index is 0.0828. The van der Waals surface area contributed by atoms with Crippen LogP contribution in [0.25, 0.3) is 6.08 Å². The van der Waals surface area contributed by atoms with Crippen LogP contribution in [0.5, 0.6) is 0 Å². The Morgan fingerprint density at radius 3 is 2.43 bits per heavy atom. The number of hydrogen-bond acceptors (Lipinski definition) is 2. The Hall–Kier alpha value is -2.86. The first-order valence-electron chi connectivity index (χ1n) is 6.65. The molecule has 0 bridgehead atoms. The van der Waals surface area contributed by atoms with E-state index in [1.165, 1.54) is 0 Å². The van der Waals surface area contributed by atoms with Crippen LogP contribution < -0.4 is 5.32 Å². The molecular weight excluding hydrogens is 260 g/mol. The molecule has 0 aliphatic carbocycles. The average molecular weight is 276 g/mol. The number of anilines is 1. The topological polar surface area (TPSA) is 52.9 Å². The summed E-state index contributed by atoms with van der Waals surface area (Å²) in [5.74, 6) is -0.399. The molecule has 3 heteroatoms. The fourth-order valence-corrected chi connectivity index (χ4v) is 1.88. The Morgan fingerprint density at radius 1 is 1.10 bits per heavy atom. The monoisotopic (exact) mass is 276 g/mol. The van der Waals surface area contributed by atoms with E-state index >= 15 is 0 Å². The third-order valence-electron chi connectivity index (χ3n) is 3.24. The predicted octanol–water partition coefficient (Wildman–Crippen LogP) is 3.85. The van der Waals surface area contributed by atoms with Gasteiger partial charge in [-0.05, 0) is 48.7 Å². The number of hydrogen-bond donors (Lipinski definition) is 1. The van der Waals surface area contributed by atoms with Crippen LogP contribution in [0.2, 0.25) is 0 Å². The Kier molecular flexibility index (Phi) is 4.53. The van der Waals surface area contributed by atoms with Crippen molar-refractivity contribution < 1.29 is 4.79 Å². The second-order valence-electron chi connectivity index (χ2n) is 4.83. The van der Waals surface area contributed by atoms with Crippen LogP contribution in [0.3, 0.4) is 0 Å². The second-order valence-corrected chi connectivity index (χ2v) is 4.83. The van der Waals surface area contributed by atoms with E-state index in [2.05, 4.69) is 5.32 Å². The molecule has 0 unspecified atom stereocenters. The fraction of sp³-hybridized carbons (Fsp3) is 0.111. The highest BCUT2D eigenvalue weighted by atomic mass is 16.1. The first kappa shape index (κ1) is 14.5. The molecule has 3 nitrogen and oxygen atoms in total. The van der Waals surface area contributed by atoms with E-state index < -0.39 is 5.91 Å². The summed E-state index contributed by atoms with van der Waals surface area (Å²) in [6, 6.07) is 16.9. The van der Waals surface area contributed by atoms with Crippen molar-refractivity contribution in [3.05, 3.63) is 70.8 Å². The Bertz CT molecular complexity index is 725. The summed E-state index contributed by atoms with van der Waals surface area (Å²) >= 11 is 0. The first-order valence-corrected chi connectivity index (χ1v) is 6.65. The van der Waals surface area contributed by atoms with Crippen molar-refractivity contribution in [1.82, 2.24) is 0 Å². The Balaban J connectivity index is 2.20. The molecule has 104 valence electrons. The molecule has 0 spiro atoms. The van der Waals surface area contributed by atoms with Gasteiger partial charge in [-0.15, -0.1) is 0 Å². The molecule has 21 heavy (non-hydrogen) atoms. The van der Waals surface area contributed by atoms with Crippen molar-refractivity contribution in [3.63, 3.8) is 0 Å². The highest BCUT2D eigenvalue weighted by molar-refractivity contribution is 6.09. The molecule has 1 amide bonds. The maximum Gasteiger partial charge on any atom is 0.266 e. The van der Waals surface area contributed by atoms with Crippen LogP contribution in [0.1, 0.15) is 16.7 Å². The number of rotatable bonds is 3. The van der Waals surface area contributed by atoms with E-state index in [0.717, 1.165) is 16.7 Å². The highest BCUT2D eigenvalue weighted by Crippen LogP contribution is 2.15. The number of aryl methyl sites for hydroxylation is 2. The summed E-state index contributed by atoms with van der Waals surface area (Å²) in [6.07, 6.45) is 1.58. The lowest BCUT2D eigenvalue weighted by atomic mass is 10.1. The van der Waals surface area contributed by atoms with Gasteiger partial charge in [-0.3, -0.25) is 4.79 Å². The van der Waals surface area contributed by atoms with E-state index in [-0.39, 0.29) is 5.57 Å². The van der Waals surface area contributed by atoms with Gasteiger partial charge >= 0.3 is 0 Å². The molecule has 0 heterocycles. The Labute approximate surface area is 124 Å². The number of carbonyl (C=O) groups is 1. The lowest BCUT2D eigenvalue weighted by Gasteiger charge is -2.07. The van der Waals surface area contributed by atoms with Gasteiger partial charge in [-0.2, -0.15) is 5.26 Å². The van der Waals surface area contributed by atoms with Crippen molar-refractivity contribution in [1.29, 1.82) is 5.26 Å². The number of nitrogens with zero attached hydrogens (tertiary/aromatic N) is 1. The van der Waals surface area contributed by atoms with Gasteiger partial charge in [0.2, 0.25) is 0 Å². The summed E-state index contributed by atoms with van der Waals surface area (Å²) in [5.41, 5.74) is 3.85. The first-order chi connectivity index (χ1) is 10.1. The summed E-state index contributed by atoms with van der Waals surface area (Å²) in [6.45, 7) is 3.99. The molecule has 0 aliphatic rings. The van der Waals surface area contributed by atoms with E-state index in [9.17, 15) is 4.79 Å². The van der Waals surface area contributed by atoms with Crippen molar-refractivity contribution in [3.8, 4) is 6.07 Å². The largest absolute Gasteiger partial charge is 0.321 e. The van der Waals surface area contributed by atoms with Gasteiger partial charge in [-0.1, -0.05) is 36.4 Å². The van der Waals surface area contributed by atoms with Gasteiger partial charge < -0.3 is 5.32 Å². The van der Waals surface area contributed by atoms with Crippen LogP contribution in [0.4, 0.5) is 5.69 Å². The molecule has 0 aliphatic heterocycles. The fourth-order valence-electron chi connectivity index (χ4n) is 1.88. The van der Waals surface area contributed by atoms with Gasteiger partial charge in [0.25, 0.3) is 5.91 Å². The summed E-state index contributed by atoms with van der Waals surface area (Å²) in [4.78, 5) is 12.1. The molecule has 2 rings (SSSR count). The molecule has 2 aromatic carbocycles. The third-order valence-corrected chi connectivity index (χ3v) is 3.24. The van der Waals surface area contributed by atoms with Gasteiger partial charge in [0.1, 0.15) is 11.6 Å². The Morgan fingerprint density at radius 2 is 1.81 bits per heavy atom. The standard InChI is InChI=1S/C18H16N2O/c1-13-8-9-17(10-14(13)2)20-18(21)16(12-19)11-15-6-4-3-5-7-15/h3-11H,1-2H3,(H,20,21)/b16-11-. The van der Waals surface area contributed by atoms with Gasteiger partial charge in [0.15, 0.2) is 0 Å². The van der Waals surface area contributed by atoms with Gasteiger partial charge in [0.05, 0.1) is 0 Å². The lowest BCUT2D eigenvalue weighted by molar-refractivity contribution is -0.112. The normalized spacial score (nSPS) is 10.8. The molecule has 0 saturated carbocycles. The predicted molar refractivity (Wildman–Crippen MR) is 84.6 cm³/mol. The van der Waals surface area contributed by atoms with E-state index in [1.54, 1.807) is 6.08 Å². The molecular formula is C18H16N2O. The van der Waals surface area contributed by atoms with Gasteiger partial charge in [0, 0.05) is 5.69 Å². The van der Waals surface area contributed by atoms with Crippen LogP contribution in [0, 0.1) is 25.2 Å². The minimum atomic E-state index is -0.399. The number of carbonyl (C=O) groups excluding carboxylic acids is 1. The van der Waals surface area contributed by atoms with Crippen molar-refractivity contribution in [2.24, 2.45) is 0 Å². The zero-order valence-electron chi connectivity index (χ0n) is 12.1. The van der Waals surface area contributed by atoms with Crippen LogP contribution in [0.15, 0.2) is 54.1 Å². The average Bonchev–Trinajstić information content (AvgIpc) is 2.49. The summed E-state index contributed by atoms with van der Waals surface area (Å²) < 4.78 is 0. The molecule has 0 fully saturated rings. The summed E-state index contributed by atoms with van der Waals surface area (Å²) in [7, 11) is 0. The third kappa shape index (κ3) is 3.80. The molecule has 0 aromatic heterocycles. The summed E-state index contributed by atoms with van der Waals surface area (Å²) in [5, 5.41) is 11.9. The van der Waals surface area contributed by atoms with Crippen LogP contribution in [-0.4, -0.2) is 5.91 Å². The smallest absolute Gasteiger partial charge is 0.266 e. The van der Waals surface area contributed by atoms with Crippen molar-refractivity contribution in [2.75, 3.05) is 5.32 Å². The number of nitriles is 1. The minimum Gasteiger partial charge on any atom is -0.321 e. The number of nitrogens with one attached hydrogen (secondary N) is 1. The maximum absolute atomic E-state index is 12.1.